The highest BCUT2D eigenvalue weighted by molar-refractivity contribution is 9.10. The van der Waals surface area contributed by atoms with Crippen LogP contribution in [0.25, 0.3) is 11.4 Å². The first-order chi connectivity index (χ1) is 9.18. The third-order valence-corrected chi connectivity index (χ3v) is 4.60. The van der Waals surface area contributed by atoms with E-state index in [0.717, 1.165) is 15.7 Å². The summed E-state index contributed by atoms with van der Waals surface area (Å²) >= 11 is 9.74. The minimum atomic E-state index is -0.0548. The Morgan fingerprint density at radius 1 is 1.00 bits per heavy atom. The molecule has 20 heavy (non-hydrogen) atoms. The number of rotatable bonds is 1. The summed E-state index contributed by atoms with van der Waals surface area (Å²) in [6, 6.07) is 5.99. The maximum Gasteiger partial charge on any atom is 0.161 e. The van der Waals surface area contributed by atoms with Crippen LogP contribution in [0.15, 0.2) is 22.7 Å². The number of hydrogen-bond donors (Lipinski definition) is 0. The molecule has 0 aliphatic carbocycles. The molecular weight excluding hydrogens is 336 g/mol. The lowest BCUT2D eigenvalue weighted by Gasteiger charge is -2.18. The van der Waals surface area contributed by atoms with Gasteiger partial charge in [0.2, 0.25) is 0 Å². The maximum atomic E-state index is 6.16. The van der Waals surface area contributed by atoms with Crippen LogP contribution >= 0.6 is 27.5 Å². The van der Waals surface area contributed by atoms with Crippen molar-refractivity contribution in [3.05, 3.63) is 44.6 Å². The molecule has 106 valence electrons. The van der Waals surface area contributed by atoms with Crippen molar-refractivity contribution >= 4 is 27.5 Å². The fourth-order valence-corrected chi connectivity index (χ4v) is 2.42. The number of benzene rings is 1. The second-order valence-electron chi connectivity index (χ2n) is 6.07. The Labute approximate surface area is 133 Å². The van der Waals surface area contributed by atoms with Gasteiger partial charge in [0.25, 0.3) is 0 Å². The highest BCUT2D eigenvalue weighted by Gasteiger charge is 2.18. The summed E-state index contributed by atoms with van der Waals surface area (Å²) in [6.07, 6.45) is 0. The number of aryl methyl sites for hydroxylation is 2. The van der Waals surface area contributed by atoms with Gasteiger partial charge in [0, 0.05) is 15.5 Å². The van der Waals surface area contributed by atoms with Gasteiger partial charge in [-0.2, -0.15) is 0 Å². The van der Waals surface area contributed by atoms with Crippen molar-refractivity contribution in [3.8, 4) is 11.4 Å². The van der Waals surface area contributed by atoms with Gasteiger partial charge in [0.05, 0.1) is 5.69 Å². The topological polar surface area (TPSA) is 25.8 Å². The fraction of sp³-hybridized carbons (Fsp3) is 0.375. The van der Waals surface area contributed by atoms with Gasteiger partial charge in [0.1, 0.15) is 5.15 Å². The minimum absolute atomic E-state index is 0.0548. The summed E-state index contributed by atoms with van der Waals surface area (Å²) in [5, 5.41) is 0.484. The third-order valence-electron chi connectivity index (χ3n) is 3.16. The molecule has 0 fully saturated rings. The molecule has 1 aromatic heterocycles. The van der Waals surface area contributed by atoms with Gasteiger partial charge in [-0.05, 0) is 43.2 Å². The van der Waals surface area contributed by atoms with Crippen molar-refractivity contribution in [2.24, 2.45) is 0 Å². The SMILES string of the molecule is Cc1cc(-c2nc(Cl)cc(C(C)(C)C)n2)cc(C)c1Br. The molecule has 0 aliphatic rings. The molecule has 4 heteroatoms. The zero-order chi connectivity index (χ0) is 15.1. The van der Waals surface area contributed by atoms with Gasteiger partial charge in [-0.25, -0.2) is 9.97 Å². The summed E-state index contributed by atoms with van der Waals surface area (Å²) in [4.78, 5) is 9.04. The molecule has 2 aromatic rings. The first kappa shape index (κ1) is 15.5. The Bertz CT molecular complexity index is 637. The van der Waals surface area contributed by atoms with E-state index < -0.39 is 0 Å². The number of aromatic nitrogens is 2. The van der Waals surface area contributed by atoms with Crippen LogP contribution in [-0.2, 0) is 5.41 Å². The molecule has 0 atom stereocenters. The minimum Gasteiger partial charge on any atom is -0.232 e. The first-order valence-corrected chi connectivity index (χ1v) is 7.68. The average Bonchev–Trinajstić information content (AvgIpc) is 2.33. The number of nitrogens with zero attached hydrogens (tertiary/aromatic N) is 2. The largest absolute Gasteiger partial charge is 0.232 e. The van der Waals surface area contributed by atoms with Gasteiger partial charge in [0.15, 0.2) is 5.82 Å². The summed E-state index contributed by atoms with van der Waals surface area (Å²) in [6.45, 7) is 10.5. The molecule has 0 unspecified atom stereocenters. The molecule has 2 rings (SSSR count). The van der Waals surface area contributed by atoms with E-state index >= 15 is 0 Å². The molecule has 0 spiro atoms. The lowest BCUT2D eigenvalue weighted by Crippen LogP contribution is -2.14. The molecule has 0 saturated carbocycles. The molecule has 0 aliphatic heterocycles. The summed E-state index contributed by atoms with van der Waals surface area (Å²) in [5.41, 5.74) is 4.23. The van der Waals surface area contributed by atoms with Crippen LogP contribution in [0.3, 0.4) is 0 Å². The van der Waals surface area contributed by atoms with Crippen LogP contribution < -0.4 is 0 Å². The van der Waals surface area contributed by atoms with Crippen LogP contribution in [0.1, 0.15) is 37.6 Å². The van der Waals surface area contributed by atoms with E-state index in [4.69, 9.17) is 11.6 Å². The van der Waals surface area contributed by atoms with Crippen molar-refractivity contribution in [2.45, 2.75) is 40.0 Å². The molecule has 2 nitrogen and oxygen atoms in total. The third kappa shape index (κ3) is 3.21. The van der Waals surface area contributed by atoms with E-state index in [1.807, 2.05) is 6.07 Å². The summed E-state index contributed by atoms with van der Waals surface area (Å²) in [5.74, 6) is 0.682. The Hall–Kier alpha value is -0.930. The second kappa shape index (κ2) is 5.45. The summed E-state index contributed by atoms with van der Waals surface area (Å²) < 4.78 is 1.12. The standard InChI is InChI=1S/C16H18BrClN2/c1-9-6-11(7-10(2)14(9)17)15-19-12(16(3,4)5)8-13(18)20-15/h6-8H,1-5H3. The Balaban J connectivity index is 2.61. The molecule has 1 heterocycles. The normalized spacial score (nSPS) is 11.8. The number of halogens is 2. The highest BCUT2D eigenvalue weighted by Crippen LogP contribution is 2.29. The van der Waals surface area contributed by atoms with Gasteiger partial charge in [-0.1, -0.05) is 48.3 Å². The van der Waals surface area contributed by atoms with E-state index in [1.54, 1.807) is 0 Å². The van der Waals surface area contributed by atoms with E-state index in [9.17, 15) is 0 Å². The van der Waals surface area contributed by atoms with Crippen LogP contribution in [0.5, 0.6) is 0 Å². The predicted molar refractivity (Wildman–Crippen MR) is 88.4 cm³/mol. The van der Waals surface area contributed by atoms with Crippen LogP contribution in [-0.4, -0.2) is 9.97 Å². The monoisotopic (exact) mass is 352 g/mol. The summed E-state index contributed by atoms with van der Waals surface area (Å²) in [7, 11) is 0. The van der Waals surface area contributed by atoms with Crippen molar-refractivity contribution in [2.75, 3.05) is 0 Å². The quantitative estimate of drug-likeness (QED) is 0.635. The van der Waals surface area contributed by atoms with E-state index in [1.165, 1.54) is 11.1 Å². The Kier molecular flexibility index (Phi) is 4.22. The lowest BCUT2D eigenvalue weighted by atomic mass is 9.92. The van der Waals surface area contributed by atoms with E-state index in [0.29, 0.717) is 11.0 Å². The lowest BCUT2D eigenvalue weighted by molar-refractivity contribution is 0.568. The van der Waals surface area contributed by atoms with Gasteiger partial charge in [-0.15, -0.1) is 0 Å². The van der Waals surface area contributed by atoms with Crippen molar-refractivity contribution < 1.29 is 0 Å². The van der Waals surface area contributed by atoms with Crippen molar-refractivity contribution in [1.82, 2.24) is 9.97 Å². The van der Waals surface area contributed by atoms with E-state index in [-0.39, 0.29) is 5.41 Å². The van der Waals surface area contributed by atoms with Crippen molar-refractivity contribution in [1.29, 1.82) is 0 Å². The van der Waals surface area contributed by atoms with Crippen LogP contribution in [0, 0.1) is 13.8 Å². The number of hydrogen-bond acceptors (Lipinski definition) is 2. The molecule has 0 radical (unpaired) electrons. The molecule has 0 bridgehead atoms. The smallest absolute Gasteiger partial charge is 0.161 e. The predicted octanol–water partition coefficient (Wildman–Crippen LogP) is 5.47. The van der Waals surface area contributed by atoms with E-state index in [2.05, 4.69) is 72.6 Å². The van der Waals surface area contributed by atoms with Gasteiger partial charge >= 0.3 is 0 Å². The molecule has 0 N–H and O–H groups in total. The molecular formula is C16H18BrClN2. The van der Waals surface area contributed by atoms with Gasteiger partial charge in [-0.3, -0.25) is 0 Å². The second-order valence-corrected chi connectivity index (χ2v) is 7.25. The first-order valence-electron chi connectivity index (χ1n) is 6.50. The average molecular weight is 354 g/mol. The molecule has 1 aromatic carbocycles. The Morgan fingerprint density at radius 2 is 1.55 bits per heavy atom. The van der Waals surface area contributed by atoms with Crippen LogP contribution in [0.2, 0.25) is 5.15 Å². The zero-order valence-corrected chi connectivity index (χ0v) is 14.7. The molecule has 0 amide bonds. The molecule has 0 saturated heterocycles. The maximum absolute atomic E-state index is 6.16. The zero-order valence-electron chi connectivity index (χ0n) is 12.4. The van der Waals surface area contributed by atoms with Crippen LogP contribution in [0.4, 0.5) is 0 Å². The van der Waals surface area contributed by atoms with Gasteiger partial charge < -0.3 is 0 Å². The fourth-order valence-electron chi connectivity index (χ4n) is 2.01. The highest BCUT2D eigenvalue weighted by atomic mass is 79.9. The Morgan fingerprint density at radius 3 is 2.05 bits per heavy atom. The van der Waals surface area contributed by atoms with Crippen molar-refractivity contribution in [3.63, 3.8) is 0 Å².